The van der Waals surface area contributed by atoms with E-state index in [1.807, 2.05) is 0 Å². The average molecular weight is 454 g/mol. The highest BCUT2D eigenvalue weighted by Gasteiger charge is 2.07. The van der Waals surface area contributed by atoms with Crippen LogP contribution >= 0.6 is 0 Å². The van der Waals surface area contributed by atoms with E-state index in [0.29, 0.717) is 6.04 Å². The maximum atomic E-state index is 3.91. The molecule has 194 valence electrons. The molecule has 0 amide bonds. The second-order valence-electron chi connectivity index (χ2n) is 10.0. The number of hydrogen-bond donors (Lipinski definition) is 3. The van der Waals surface area contributed by atoms with Crippen molar-refractivity contribution in [2.24, 2.45) is 0 Å². The number of hydrogen-bond acceptors (Lipinski definition) is 3. The molecule has 3 nitrogen and oxygen atoms in total. The van der Waals surface area contributed by atoms with Gasteiger partial charge in [-0.2, -0.15) is 0 Å². The minimum absolute atomic E-state index is 0.711. The van der Waals surface area contributed by atoms with Gasteiger partial charge in [0.15, 0.2) is 0 Å². The van der Waals surface area contributed by atoms with Crippen LogP contribution in [0.3, 0.4) is 0 Å². The summed E-state index contributed by atoms with van der Waals surface area (Å²) < 4.78 is 0. The van der Waals surface area contributed by atoms with Crippen LogP contribution in [0.25, 0.3) is 0 Å². The van der Waals surface area contributed by atoms with Crippen molar-refractivity contribution in [3.05, 3.63) is 0 Å². The first-order chi connectivity index (χ1) is 15.8. The van der Waals surface area contributed by atoms with Crippen molar-refractivity contribution in [1.29, 1.82) is 0 Å². The van der Waals surface area contributed by atoms with Gasteiger partial charge in [-0.25, -0.2) is 0 Å². The van der Waals surface area contributed by atoms with Crippen LogP contribution in [0.1, 0.15) is 149 Å². The largest absolute Gasteiger partial charge is 0.317 e. The molecule has 0 unspecified atom stereocenters. The first-order valence-electron chi connectivity index (χ1n) is 15.0. The molecule has 0 saturated carbocycles. The average Bonchev–Trinajstić information content (AvgIpc) is 2.80. The van der Waals surface area contributed by atoms with Gasteiger partial charge in [0.2, 0.25) is 0 Å². The van der Waals surface area contributed by atoms with E-state index >= 15 is 0 Å². The van der Waals surface area contributed by atoms with E-state index < -0.39 is 0 Å². The summed E-state index contributed by atoms with van der Waals surface area (Å²) in [7, 11) is 0. The van der Waals surface area contributed by atoms with Gasteiger partial charge in [0.25, 0.3) is 0 Å². The normalized spacial score (nSPS) is 11.6. The fourth-order valence-corrected chi connectivity index (χ4v) is 4.46. The van der Waals surface area contributed by atoms with Crippen LogP contribution in [0.4, 0.5) is 0 Å². The van der Waals surface area contributed by atoms with Gasteiger partial charge < -0.3 is 16.0 Å². The zero-order valence-corrected chi connectivity index (χ0v) is 22.8. The van der Waals surface area contributed by atoms with Crippen LogP contribution in [-0.2, 0) is 0 Å². The predicted octanol–water partition coefficient (Wildman–Crippen LogP) is 7.99. The molecule has 0 heterocycles. The Hall–Kier alpha value is -0.120. The van der Waals surface area contributed by atoms with Crippen molar-refractivity contribution in [3.8, 4) is 0 Å². The van der Waals surface area contributed by atoms with Gasteiger partial charge >= 0.3 is 0 Å². The highest BCUT2D eigenvalue weighted by atomic mass is 14.9. The molecular formula is C29H63N3. The van der Waals surface area contributed by atoms with E-state index in [4.69, 9.17) is 0 Å². The summed E-state index contributed by atoms with van der Waals surface area (Å²) >= 11 is 0. The van der Waals surface area contributed by atoms with E-state index in [-0.39, 0.29) is 0 Å². The Morgan fingerprint density at radius 2 is 0.719 bits per heavy atom. The van der Waals surface area contributed by atoms with Gasteiger partial charge in [0.1, 0.15) is 0 Å². The molecule has 0 aromatic heterocycles. The molecule has 0 aliphatic rings. The fourth-order valence-electron chi connectivity index (χ4n) is 4.46. The molecule has 0 rings (SSSR count). The number of rotatable bonds is 28. The molecule has 32 heavy (non-hydrogen) atoms. The fraction of sp³-hybridized carbons (Fsp3) is 1.00. The lowest BCUT2D eigenvalue weighted by atomic mass is 10.0. The SMILES string of the molecule is CCCCCCCCNC(CCCNCCCCCCC)CCCNCCCCCCC. The van der Waals surface area contributed by atoms with Crippen molar-refractivity contribution in [2.75, 3.05) is 32.7 Å². The summed E-state index contributed by atoms with van der Waals surface area (Å²) in [6, 6.07) is 0.711. The maximum Gasteiger partial charge on any atom is 0.00680 e. The van der Waals surface area contributed by atoms with Gasteiger partial charge in [-0.15, -0.1) is 0 Å². The van der Waals surface area contributed by atoms with Crippen LogP contribution in [0.5, 0.6) is 0 Å². The second-order valence-corrected chi connectivity index (χ2v) is 10.0. The van der Waals surface area contributed by atoms with Crippen LogP contribution in [0.15, 0.2) is 0 Å². The molecule has 0 bridgehead atoms. The molecule has 3 heteroatoms. The Morgan fingerprint density at radius 3 is 1.16 bits per heavy atom. The molecule has 0 aliphatic heterocycles. The van der Waals surface area contributed by atoms with Crippen molar-refractivity contribution in [1.82, 2.24) is 16.0 Å². The molecule has 0 spiro atoms. The summed E-state index contributed by atoms with van der Waals surface area (Å²) in [5.41, 5.74) is 0. The lowest BCUT2D eigenvalue weighted by Crippen LogP contribution is -2.32. The van der Waals surface area contributed by atoms with Crippen LogP contribution in [-0.4, -0.2) is 38.8 Å². The van der Waals surface area contributed by atoms with Crippen LogP contribution < -0.4 is 16.0 Å². The topological polar surface area (TPSA) is 36.1 Å². The zero-order valence-electron chi connectivity index (χ0n) is 22.8. The second kappa shape index (κ2) is 28.9. The van der Waals surface area contributed by atoms with E-state index in [1.54, 1.807) is 0 Å². The van der Waals surface area contributed by atoms with Crippen molar-refractivity contribution >= 4 is 0 Å². The summed E-state index contributed by atoms with van der Waals surface area (Å²) in [5, 5.41) is 11.3. The van der Waals surface area contributed by atoms with Gasteiger partial charge in [0, 0.05) is 6.04 Å². The highest BCUT2D eigenvalue weighted by molar-refractivity contribution is 4.69. The van der Waals surface area contributed by atoms with E-state index in [2.05, 4.69) is 36.7 Å². The number of unbranched alkanes of at least 4 members (excludes halogenated alkanes) is 13. The van der Waals surface area contributed by atoms with E-state index in [0.717, 1.165) is 0 Å². The molecule has 0 saturated heterocycles. The summed E-state index contributed by atoms with van der Waals surface area (Å²) in [4.78, 5) is 0. The van der Waals surface area contributed by atoms with Crippen LogP contribution in [0, 0.1) is 0 Å². The molecule has 0 fully saturated rings. The smallest absolute Gasteiger partial charge is 0.00680 e. The van der Waals surface area contributed by atoms with Crippen LogP contribution in [0.2, 0.25) is 0 Å². The lowest BCUT2D eigenvalue weighted by Gasteiger charge is -2.19. The van der Waals surface area contributed by atoms with E-state index in [1.165, 1.54) is 161 Å². The van der Waals surface area contributed by atoms with Gasteiger partial charge in [-0.05, 0) is 77.7 Å². The van der Waals surface area contributed by atoms with Crippen molar-refractivity contribution < 1.29 is 0 Å². The Bertz CT molecular complexity index is 300. The summed E-state index contributed by atoms with van der Waals surface area (Å²) in [6.07, 6.45) is 27.5. The van der Waals surface area contributed by atoms with Crippen molar-refractivity contribution in [3.63, 3.8) is 0 Å². The Kier molecular flexibility index (Phi) is 28.8. The summed E-state index contributed by atoms with van der Waals surface area (Å²) in [5.74, 6) is 0. The Balaban J connectivity index is 3.82. The zero-order chi connectivity index (χ0) is 23.4. The van der Waals surface area contributed by atoms with Crippen molar-refractivity contribution in [2.45, 2.75) is 155 Å². The molecule has 0 radical (unpaired) electrons. The quantitative estimate of drug-likeness (QED) is 0.105. The van der Waals surface area contributed by atoms with E-state index in [9.17, 15) is 0 Å². The Labute approximate surface area is 204 Å². The number of nitrogens with one attached hydrogen (secondary N) is 3. The molecule has 0 aromatic rings. The molecule has 0 atom stereocenters. The highest BCUT2D eigenvalue weighted by Crippen LogP contribution is 2.08. The standard InChI is InChI=1S/C29H63N3/c1-4-7-10-13-16-19-28-32-29(22-20-26-30-24-17-14-11-8-5-2)23-21-27-31-25-18-15-12-9-6-3/h29-32H,4-28H2,1-3H3. The first-order valence-corrected chi connectivity index (χ1v) is 15.0. The molecule has 0 aliphatic carbocycles. The Morgan fingerprint density at radius 1 is 0.375 bits per heavy atom. The van der Waals surface area contributed by atoms with Gasteiger partial charge in [0.05, 0.1) is 0 Å². The lowest BCUT2D eigenvalue weighted by molar-refractivity contribution is 0.411. The van der Waals surface area contributed by atoms with Gasteiger partial charge in [-0.3, -0.25) is 0 Å². The monoisotopic (exact) mass is 454 g/mol. The molecule has 3 N–H and O–H groups in total. The molecule has 0 aromatic carbocycles. The minimum atomic E-state index is 0.711. The third kappa shape index (κ3) is 26.1. The third-order valence-electron chi connectivity index (χ3n) is 6.69. The third-order valence-corrected chi connectivity index (χ3v) is 6.69. The maximum absolute atomic E-state index is 3.91. The first kappa shape index (κ1) is 31.9. The van der Waals surface area contributed by atoms with Gasteiger partial charge in [-0.1, -0.05) is 104 Å². The summed E-state index contributed by atoms with van der Waals surface area (Å²) in [6.45, 7) is 12.9. The molecular weight excluding hydrogens is 390 g/mol. The predicted molar refractivity (Wildman–Crippen MR) is 147 cm³/mol. The minimum Gasteiger partial charge on any atom is -0.317 e.